The summed E-state index contributed by atoms with van der Waals surface area (Å²) in [6.45, 7) is 7.34. The van der Waals surface area contributed by atoms with E-state index >= 15 is 0 Å². The summed E-state index contributed by atoms with van der Waals surface area (Å²) in [5, 5.41) is 3.18. The minimum absolute atomic E-state index is 0.100. The van der Waals surface area contributed by atoms with Crippen LogP contribution in [-0.2, 0) is 14.3 Å². The second kappa shape index (κ2) is 6.86. The van der Waals surface area contributed by atoms with Gasteiger partial charge in [0.15, 0.2) is 0 Å². The Kier molecular flexibility index (Phi) is 5.77. The zero-order chi connectivity index (χ0) is 11.9. The van der Waals surface area contributed by atoms with Crippen molar-refractivity contribution in [3.63, 3.8) is 0 Å². The third kappa shape index (κ3) is 4.10. The molecule has 0 aromatic rings. The van der Waals surface area contributed by atoms with E-state index < -0.39 is 0 Å². The van der Waals surface area contributed by atoms with Crippen molar-refractivity contribution in [2.45, 2.75) is 33.1 Å². The van der Waals surface area contributed by atoms with Gasteiger partial charge in [-0.25, -0.2) is 0 Å². The van der Waals surface area contributed by atoms with E-state index in [0.29, 0.717) is 13.2 Å². The number of esters is 1. The van der Waals surface area contributed by atoms with Crippen molar-refractivity contribution in [2.75, 3.05) is 32.9 Å². The van der Waals surface area contributed by atoms with Gasteiger partial charge in [-0.1, -0.05) is 13.3 Å². The molecule has 1 aliphatic heterocycles. The Hall–Kier alpha value is -0.610. The number of nitrogens with one attached hydrogen (secondary N) is 1. The summed E-state index contributed by atoms with van der Waals surface area (Å²) in [5.74, 6) is -0.100. The lowest BCUT2D eigenvalue weighted by Crippen LogP contribution is -2.32. The SMILES string of the molecule is CCCCOCCOC(=O)C1(C)CCNC1. The molecule has 1 atom stereocenters. The molecule has 1 saturated heterocycles. The van der Waals surface area contributed by atoms with E-state index in [-0.39, 0.29) is 11.4 Å². The molecular weight excluding hydrogens is 206 g/mol. The summed E-state index contributed by atoms with van der Waals surface area (Å²) >= 11 is 0. The van der Waals surface area contributed by atoms with Crippen molar-refractivity contribution in [1.29, 1.82) is 0 Å². The molecule has 94 valence electrons. The molecule has 0 radical (unpaired) electrons. The van der Waals surface area contributed by atoms with Gasteiger partial charge in [-0.15, -0.1) is 0 Å². The molecule has 0 amide bonds. The molecule has 16 heavy (non-hydrogen) atoms. The molecule has 0 aliphatic carbocycles. The highest BCUT2D eigenvalue weighted by Gasteiger charge is 2.37. The fourth-order valence-corrected chi connectivity index (χ4v) is 1.71. The fraction of sp³-hybridized carbons (Fsp3) is 0.917. The van der Waals surface area contributed by atoms with Crippen molar-refractivity contribution in [2.24, 2.45) is 5.41 Å². The van der Waals surface area contributed by atoms with Crippen LogP contribution in [0.15, 0.2) is 0 Å². The fourth-order valence-electron chi connectivity index (χ4n) is 1.71. The van der Waals surface area contributed by atoms with Crippen LogP contribution in [-0.4, -0.2) is 38.9 Å². The first-order valence-corrected chi connectivity index (χ1v) is 6.15. The molecule has 1 aliphatic rings. The van der Waals surface area contributed by atoms with E-state index in [1.165, 1.54) is 0 Å². The highest BCUT2D eigenvalue weighted by molar-refractivity contribution is 5.77. The Morgan fingerprint density at radius 1 is 1.38 bits per heavy atom. The third-order valence-electron chi connectivity index (χ3n) is 2.96. The monoisotopic (exact) mass is 229 g/mol. The molecule has 1 N–H and O–H groups in total. The summed E-state index contributed by atoms with van der Waals surface area (Å²) in [7, 11) is 0. The molecule has 1 rings (SSSR count). The molecule has 0 bridgehead atoms. The topological polar surface area (TPSA) is 47.6 Å². The van der Waals surface area contributed by atoms with Crippen LogP contribution in [0.1, 0.15) is 33.1 Å². The summed E-state index contributed by atoms with van der Waals surface area (Å²) in [4.78, 5) is 11.7. The van der Waals surface area contributed by atoms with E-state index in [1.54, 1.807) is 0 Å². The average Bonchev–Trinajstić information content (AvgIpc) is 2.71. The lowest BCUT2D eigenvalue weighted by molar-refractivity contribution is -0.155. The number of hydrogen-bond acceptors (Lipinski definition) is 4. The zero-order valence-corrected chi connectivity index (χ0v) is 10.4. The molecule has 0 saturated carbocycles. The van der Waals surface area contributed by atoms with Gasteiger partial charge in [0, 0.05) is 13.2 Å². The van der Waals surface area contributed by atoms with Crippen LogP contribution >= 0.6 is 0 Å². The Morgan fingerprint density at radius 3 is 2.81 bits per heavy atom. The first kappa shape index (κ1) is 13.5. The van der Waals surface area contributed by atoms with Gasteiger partial charge in [0.25, 0.3) is 0 Å². The summed E-state index contributed by atoms with van der Waals surface area (Å²) in [6.07, 6.45) is 3.06. The van der Waals surface area contributed by atoms with Crippen LogP contribution in [0.5, 0.6) is 0 Å². The van der Waals surface area contributed by atoms with Crippen LogP contribution in [0.4, 0.5) is 0 Å². The predicted molar refractivity (Wildman–Crippen MR) is 62.3 cm³/mol. The molecule has 0 aromatic carbocycles. The van der Waals surface area contributed by atoms with Gasteiger partial charge in [-0.05, 0) is 26.3 Å². The Labute approximate surface area is 97.7 Å². The van der Waals surface area contributed by atoms with Gasteiger partial charge < -0.3 is 14.8 Å². The third-order valence-corrected chi connectivity index (χ3v) is 2.96. The van der Waals surface area contributed by atoms with E-state index in [0.717, 1.165) is 39.0 Å². The molecule has 1 fully saturated rings. The maximum absolute atomic E-state index is 11.7. The standard InChI is InChI=1S/C12H23NO3/c1-3-4-7-15-8-9-16-11(14)12(2)5-6-13-10-12/h13H,3-10H2,1-2H3. The van der Waals surface area contributed by atoms with Crippen molar-refractivity contribution < 1.29 is 14.3 Å². The summed E-state index contributed by atoms with van der Waals surface area (Å²) in [6, 6.07) is 0. The Bertz CT molecular complexity index is 212. The number of unbranched alkanes of at least 4 members (excludes halogenated alkanes) is 1. The van der Waals surface area contributed by atoms with Crippen molar-refractivity contribution in [3.8, 4) is 0 Å². The smallest absolute Gasteiger partial charge is 0.313 e. The molecule has 1 heterocycles. The first-order valence-electron chi connectivity index (χ1n) is 6.15. The van der Waals surface area contributed by atoms with E-state index in [2.05, 4.69) is 12.2 Å². The van der Waals surface area contributed by atoms with Gasteiger partial charge in [0.2, 0.25) is 0 Å². The number of rotatable bonds is 7. The van der Waals surface area contributed by atoms with Crippen LogP contribution in [0.25, 0.3) is 0 Å². The second-order valence-electron chi connectivity index (χ2n) is 4.59. The van der Waals surface area contributed by atoms with Gasteiger partial charge in [-0.2, -0.15) is 0 Å². The number of ether oxygens (including phenoxy) is 2. The highest BCUT2D eigenvalue weighted by Crippen LogP contribution is 2.25. The van der Waals surface area contributed by atoms with Crippen molar-refractivity contribution in [1.82, 2.24) is 5.32 Å². The number of hydrogen-bond donors (Lipinski definition) is 1. The minimum Gasteiger partial charge on any atom is -0.463 e. The normalized spacial score (nSPS) is 24.6. The highest BCUT2D eigenvalue weighted by atomic mass is 16.6. The summed E-state index contributed by atoms with van der Waals surface area (Å²) in [5.41, 5.74) is -0.330. The average molecular weight is 229 g/mol. The van der Waals surface area contributed by atoms with Crippen LogP contribution in [0.2, 0.25) is 0 Å². The molecular formula is C12H23NO3. The van der Waals surface area contributed by atoms with Gasteiger partial charge in [-0.3, -0.25) is 4.79 Å². The minimum atomic E-state index is -0.330. The molecule has 1 unspecified atom stereocenters. The van der Waals surface area contributed by atoms with Crippen molar-refractivity contribution in [3.05, 3.63) is 0 Å². The van der Waals surface area contributed by atoms with E-state index in [4.69, 9.17) is 9.47 Å². The van der Waals surface area contributed by atoms with Gasteiger partial charge in [0.05, 0.1) is 12.0 Å². The van der Waals surface area contributed by atoms with Gasteiger partial charge >= 0.3 is 5.97 Å². The van der Waals surface area contributed by atoms with Crippen molar-refractivity contribution >= 4 is 5.97 Å². The lowest BCUT2D eigenvalue weighted by Gasteiger charge is -2.20. The maximum Gasteiger partial charge on any atom is 0.313 e. The van der Waals surface area contributed by atoms with Gasteiger partial charge in [0.1, 0.15) is 6.61 Å². The number of carbonyl (C=O) groups is 1. The number of carbonyl (C=O) groups excluding carboxylic acids is 1. The molecule has 4 nitrogen and oxygen atoms in total. The lowest BCUT2D eigenvalue weighted by atomic mass is 9.90. The van der Waals surface area contributed by atoms with E-state index in [1.807, 2.05) is 6.92 Å². The quantitative estimate of drug-likeness (QED) is 0.529. The zero-order valence-electron chi connectivity index (χ0n) is 10.4. The van der Waals surface area contributed by atoms with Crippen LogP contribution in [0.3, 0.4) is 0 Å². The maximum atomic E-state index is 11.7. The van der Waals surface area contributed by atoms with E-state index in [9.17, 15) is 4.79 Å². The Balaban J connectivity index is 2.06. The van der Waals surface area contributed by atoms with Crippen LogP contribution in [0, 0.1) is 5.41 Å². The first-order chi connectivity index (χ1) is 7.69. The summed E-state index contributed by atoms with van der Waals surface area (Å²) < 4.78 is 10.5. The predicted octanol–water partition coefficient (Wildman–Crippen LogP) is 1.35. The second-order valence-corrected chi connectivity index (χ2v) is 4.59. The molecule has 0 aromatic heterocycles. The largest absolute Gasteiger partial charge is 0.463 e. The molecule has 4 heteroatoms. The Morgan fingerprint density at radius 2 is 2.19 bits per heavy atom. The van der Waals surface area contributed by atoms with Crippen LogP contribution < -0.4 is 5.32 Å². The molecule has 0 spiro atoms.